The summed E-state index contributed by atoms with van der Waals surface area (Å²) in [6.07, 6.45) is 8.31. The Hall–Kier alpha value is -0.570. The van der Waals surface area contributed by atoms with Gasteiger partial charge < -0.3 is 10.6 Å². The van der Waals surface area contributed by atoms with Crippen LogP contribution in [0.2, 0.25) is 0 Å². The topological polar surface area (TPSA) is 41.1 Å². The summed E-state index contributed by atoms with van der Waals surface area (Å²) in [7, 11) is 0. The Morgan fingerprint density at radius 1 is 1.33 bits per heavy atom. The van der Waals surface area contributed by atoms with E-state index in [-0.39, 0.29) is 5.41 Å². The van der Waals surface area contributed by atoms with Crippen LogP contribution in [0.5, 0.6) is 0 Å². The first-order chi connectivity index (χ1) is 8.68. The van der Waals surface area contributed by atoms with Gasteiger partial charge in [0.05, 0.1) is 5.41 Å². The molecule has 2 N–H and O–H groups in total. The van der Waals surface area contributed by atoms with Crippen molar-refractivity contribution < 1.29 is 4.79 Å². The molecule has 3 heteroatoms. The van der Waals surface area contributed by atoms with Crippen LogP contribution in [0.3, 0.4) is 0 Å². The largest absolute Gasteiger partial charge is 0.353 e. The van der Waals surface area contributed by atoms with Gasteiger partial charge in [0.1, 0.15) is 0 Å². The summed E-state index contributed by atoms with van der Waals surface area (Å²) in [6, 6.07) is 0.407. The van der Waals surface area contributed by atoms with Crippen LogP contribution in [0.25, 0.3) is 0 Å². The SMILES string of the molecule is CCC1(C(=O)NC2CCCCCC2C)CCNC1. The predicted molar refractivity (Wildman–Crippen MR) is 74.4 cm³/mol. The summed E-state index contributed by atoms with van der Waals surface area (Å²) < 4.78 is 0. The van der Waals surface area contributed by atoms with Gasteiger partial charge in [0, 0.05) is 12.6 Å². The molecule has 104 valence electrons. The van der Waals surface area contributed by atoms with Gasteiger partial charge in [0.2, 0.25) is 5.91 Å². The number of rotatable bonds is 3. The Kier molecular flexibility index (Phi) is 4.66. The van der Waals surface area contributed by atoms with Gasteiger partial charge in [-0.05, 0) is 38.1 Å². The minimum absolute atomic E-state index is 0.133. The highest BCUT2D eigenvalue weighted by molar-refractivity contribution is 5.83. The van der Waals surface area contributed by atoms with E-state index in [9.17, 15) is 4.79 Å². The lowest BCUT2D eigenvalue weighted by Crippen LogP contribution is -2.48. The van der Waals surface area contributed by atoms with Gasteiger partial charge in [-0.25, -0.2) is 0 Å². The summed E-state index contributed by atoms with van der Waals surface area (Å²) in [6.45, 7) is 6.28. The fourth-order valence-electron chi connectivity index (χ4n) is 3.43. The molecule has 0 aromatic heterocycles. The van der Waals surface area contributed by atoms with Crippen molar-refractivity contribution in [2.45, 2.75) is 64.8 Å². The number of nitrogens with one attached hydrogen (secondary N) is 2. The zero-order chi connectivity index (χ0) is 13.0. The van der Waals surface area contributed by atoms with Crippen LogP contribution in [0.15, 0.2) is 0 Å². The number of hydrogen-bond acceptors (Lipinski definition) is 2. The van der Waals surface area contributed by atoms with Gasteiger partial charge in [0.25, 0.3) is 0 Å². The number of carbonyl (C=O) groups excluding carboxylic acids is 1. The van der Waals surface area contributed by atoms with E-state index in [0.717, 1.165) is 25.9 Å². The monoisotopic (exact) mass is 252 g/mol. The van der Waals surface area contributed by atoms with E-state index < -0.39 is 0 Å². The van der Waals surface area contributed by atoms with E-state index in [1.165, 1.54) is 32.1 Å². The average Bonchev–Trinajstić information content (AvgIpc) is 2.78. The van der Waals surface area contributed by atoms with Gasteiger partial charge in [-0.1, -0.05) is 33.1 Å². The molecule has 0 bridgehead atoms. The zero-order valence-corrected chi connectivity index (χ0v) is 11.9. The van der Waals surface area contributed by atoms with Crippen LogP contribution in [0.4, 0.5) is 0 Å². The summed E-state index contributed by atoms with van der Waals surface area (Å²) in [5, 5.41) is 6.71. The van der Waals surface area contributed by atoms with Crippen molar-refractivity contribution in [1.29, 1.82) is 0 Å². The molecule has 0 radical (unpaired) electrons. The molecule has 2 rings (SSSR count). The van der Waals surface area contributed by atoms with E-state index in [2.05, 4.69) is 24.5 Å². The second-order valence-corrected chi connectivity index (χ2v) is 6.26. The van der Waals surface area contributed by atoms with Crippen LogP contribution in [0, 0.1) is 11.3 Å². The molecule has 3 unspecified atom stereocenters. The van der Waals surface area contributed by atoms with Gasteiger partial charge in [0.15, 0.2) is 0 Å². The molecule has 3 nitrogen and oxygen atoms in total. The first kappa shape index (κ1) is 13.9. The van der Waals surface area contributed by atoms with E-state index >= 15 is 0 Å². The molecule has 0 aromatic rings. The Morgan fingerprint density at radius 3 is 2.78 bits per heavy atom. The van der Waals surface area contributed by atoms with Gasteiger partial charge >= 0.3 is 0 Å². The van der Waals surface area contributed by atoms with Crippen LogP contribution < -0.4 is 10.6 Å². The van der Waals surface area contributed by atoms with Crippen molar-refractivity contribution in [2.24, 2.45) is 11.3 Å². The number of amides is 1. The molecule has 18 heavy (non-hydrogen) atoms. The second-order valence-electron chi connectivity index (χ2n) is 6.26. The van der Waals surface area contributed by atoms with Gasteiger partial charge in [-0.2, -0.15) is 0 Å². The minimum Gasteiger partial charge on any atom is -0.353 e. The number of hydrogen-bond donors (Lipinski definition) is 2. The molecule has 1 heterocycles. The molecular formula is C15H28N2O. The van der Waals surface area contributed by atoms with Crippen molar-refractivity contribution in [3.63, 3.8) is 0 Å². The third kappa shape index (κ3) is 2.87. The zero-order valence-electron chi connectivity index (χ0n) is 11.9. The first-order valence-electron chi connectivity index (χ1n) is 7.69. The van der Waals surface area contributed by atoms with E-state index in [1.807, 2.05) is 0 Å². The fourth-order valence-corrected chi connectivity index (χ4v) is 3.43. The maximum absolute atomic E-state index is 12.6. The smallest absolute Gasteiger partial charge is 0.227 e. The molecule has 1 aliphatic carbocycles. The lowest BCUT2D eigenvalue weighted by atomic mass is 9.82. The Balaban J connectivity index is 1.96. The first-order valence-corrected chi connectivity index (χ1v) is 7.69. The average molecular weight is 252 g/mol. The van der Waals surface area contributed by atoms with Crippen LogP contribution in [0.1, 0.15) is 58.8 Å². The highest BCUT2D eigenvalue weighted by Gasteiger charge is 2.40. The standard InChI is InChI=1S/C15H28N2O/c1-3-15(9-10-16-11-15)14(18)17-13-8-6-4-5-7-12(13)2/h12-13,16H,3-11H2,1-2H3,(H,17,18). The summed E-state index contributed by atoms with van der Waals surface area (Å²) in [4.78, 5) is 12.6. The second kappa shape index (κ2) is 6.05. The van der Waals surface area contributed by atoms with Crippen LogP contribution in [-0.2, 0) is 4.79 Å². The predicted octanol–water partition coefficient (Wildman–Crippen LogP) is 2.46. The normalized spacial score (nSPS) is 37.2. The highest BCUT2D eigenvalue weighted by atomic mass is 16.2. The molecular weight excluding hydrogens is 224 g/mol. The van der Waals surface area contributed by atoms with Crippen molar-refractivity contribution in [3.05, 3.63) is 0 Å². The molecule has 0 spiro atoms. The Bertz CT molecular complexity index is 284. The lowest BCUT2D eigenvalue weighted by molar-refractivity contribution is -0.131. The van der Waals surface area contributed by atoms with Gasteiger partial charge in [-0.15, -0.1) is 0 Å². The molecule has 3 atom stereocenters. The summed E-state index contributed by atoms with van der Waals surface area (Å²) >= 11 is 0. The van der Waals surface area contributed by atoms with Crippen molar-refractivity contribution in [1.82, 2.24) is 10.6 Å². The Morgan fingerprint density at radius 2 is 2.11 bits per heavy atom. The summed E-state index contributed by atoms with van der Waals surface area (Å²) in [5.74, 6) is 0.938. The maximum atomic E-state index is 12.6. The van der Waals surface area contributed by atoms with Crippen LogP contribution >= 0.6 is 0 Å². The summed E-state index contributed by atoms with van der Waals surface area (Å²) in [5.41, 5.74) is -0.133. The minimum atomic E-state index is -0.133. The lowest BCUT2D eigenvalue weighted by Gasteiger charge is -2.30. The quantitative estimate of drug-likeness (QED) is 0.758. The van der Waals surface area contributed by atoms with Crippen LogP contribution in [-0.4, -0.2) is 25.0 Å². The molecule has 1 saturated heterocycles. The highest BCUT2D eigenvalue weighted by Crippen LogP contribution is 2.31. The molecule has 1 aliphatic heterocycles. The van der Waals surface area contributed by atoms with Crippen molar-refractivity contribution in [2.75, 3.05) is 13.1 Å². The molecule has 2 fully saturated rings. The Labute approximate surface area is 111 Å². The molecule has 1 amide bonds. The maximum Gasteiger partial charge on any atom is 0.227 e. The molecule has 0 aromatic carbocycles. The number of carbonyl (C=O) groups is 1. The third-order valence-electron chi connectivity index (χ3n) is 5.08. The van der Waals surface area contributed by atoms with Crippen molar-refractivity contribution in [3.8, 4) is 0 Å². The van der Waals surface area contributed by atoms with E-state index in [1.54, 1.807) is 0 Å². The van der Waals surface area contributed by atoms with E-state index in [4.69, 9.17) is 0 Å². The van der Waals surface area contributed by atoms with E-state index in [0.29, 0.717) is 17.9 Å². The van der Waals surface area contributed by atoms with Gasteiger partial charge in [-0.3, -0.25) is 4.79 Å². The van der Waals surface area contributed by atoms with Crippen molar-refractivity contribution >= 4 is 5.91 Å². The third-order valence-corrected chi connectivity index (χ3v) is 5.08. The molecule has 2 aliphatic rings. The molecule has 1 saturated carbocycles. The fraction of sp³-hybridized carbons (Fsp3) is 0.933.